The van der Waals surface area contributed by atoms with E-state index in [1.807, 2.05) is 0 Å². The summed E-state index contributed by atoms with van der Waals surface area (Å²) >= 11 is 0. The first-order valence-corrected chi connectivity index (χ1v) is 8.00. The van der Waals surface area contributed by atoms with Gasteiger partial charge in [0.1, 0.15) is 0 Å². The average molecular weight is 274 g/mol. The van der Waals surface area contributed by atoms with Gasteiger partial charge in [0.15, 0.2) is 0 Å². The monoisotopic (exact) mass is 274 g/mol. The standard InChI is InChI=1S/C18H30N2/c1-17(2,3)14-11-16(20-19)18(12-7-8-13-18)15-9-5-4-6-10-15/h4-6,9-10,16,20H,7-8,11-14,19H2,1-3H3. The summed E-state index contributed by atoms with van der Waals surface area (Å²) in [5, 5.41) is 0. The van der Waals surface area contributed by atoms with Crippen molar-refractivity contribution in [3.63, 3.8) is 0 Å². The highest BCUT2D eigenvalue weighted by Gasteiger charge is 2.42. The first kappa shape index (κ1) is 15.5. The Morgan fingerprint density at radius 3 is 2.25 bits per heavy atom. The molecule has 2 heteroatoms. The minimum Gasteiger partial charge on any atom is -0.271 e. The van der Waals surface area contributed by atoms with Crippen LogP contribution >= 0.6 is 0 Å². The Labute approximate surface area is 124 Å². The van der Waals surface area contributed by atoms with E-state index in [1.54, 1.807) is 0 Å². The molecule has 20 heavy (non-hydrogen) atoms. The molecule has 3 N–H and O–H groups in total. The maximum absolute atomic E-state index is 5.95. The number of hydrazine groups is 1. The molecule has 0 aliphatic heterocycles. The van der Waals surface area contributed by atoms with Crippen LogP contribution in [0.5, 0.6) is 0 Å². The molecule has 0 radical (unpaired) electrons. The summed E-state index contributed by atoms with van der Waals surface area (Å²) in [6.45, 7) is 6.93. The predicted octanol–water partition coefficient (Wildman–Crippen LogP) is 4.16. The quantitative estimate of drug-likeness (QED) is 0.625. The van der Waals surface area contributed by atoms with Crippen LogP contribution in [-0.4, -0.2) is 6.04 Å². The molecule has 0 bridgehead atoms. The molecule has 0 heterocycles. The molecule has 2 rings (SSSR count). The van der Waals surface area contributed by atoms with E-state index >= 15 is 0 Å². The van der Waals surface area contributed by atoms with Gasteiger partial charge in [-0.15, -0.1) is 0 Å². The van der Waals surface area contributed by atoms with Gasteiger partial charge >= 0.3 is 0 Å². The summed E-state index contributed by atoms with van der Waals surface area (Å²) in [5.74, 6) is 5.95. The van der Waals surface area contributed by atoms with Crippen molar-refractivity contribution in [2.24, 2.45) is 11.3 Å². The molecular formula is C18H30N2. The van der Waals surface area contributed by atoms with Crippen LogP contribution in [0.2, 0.25) is 0 Å². The molecule has 1 atom stereocenters. The van der Waals surface area contributed by atoms with Gasteiger partial charge in [0.05, 0.1) is 0 Å². The van der Waals surface area contributed by atoms with Gasteiger partial charge in [0.25, 0.3) is 0 Å². The van der Waals surface area contributed by atoms with Crippen molar-refractivity contribution in [2.45, 2.75) is 70.8 Å². The van der Waals surface area contributed by atoms with Gasteiger partial charge in [-0.3, -0.25) is 11.3 Å². The van der Waals surface area contributed by atoms with Crippen LogP contribution in [0.1, 0.15) is 64.9 Å². The highest BCUT2D eigenvalue weighted by atomic mass is 15.2. The summed E-state index contributed by atoms with van der Waals surface area (Å²) in [4.78, 5) is 0. The lowest BCUT2D eigenvalue weighted by atomic mass is 9.70. The number of nitrogens with two attached hydrogens (primary N) is 1. The fourth-order valence-electron chi connectivity index (χ4n) is 3.71. The van der Waals surface area contributed by atoms with Crippen molar-refractivity contribution in [1.82, 2.24) is 5.43 Å². The molecular weight excluding hydrogens is 244 g/mol. The smallest absolute Gasteiger partial charge is 0.0307 e. The summed E-state index contributed by atoms with van der Waals surface area (Å²) < 4.78 is 0. The van der Waals surface area contributed by atoms with Crippen LogP contribution in [0, 0.1) is 5.41 Å². The van der Waals surface area contributed by atoms with E-state index < -0.39 is 0 Å². The van der Waals surface area contributed by atoms with E-state index in [0.717, 1.165) is 6.42 Å². The zero-order chi connectivity index (χ0) is 14.6. The molecule has 1 unspecified atom stereocenters. The minimum atomic E-state index is 0.237. The minimum absolute atomic E-state index is 0.237. The second kappa shape index (κ2) is 6.28. The van der Waals surface area contributed by atoms with Crippen molar-refractivity contribution >= 4 is 0 Å². The molecule has 1 saturated carbocycles. The van der Waals surface area contributed by atoms with Crippen LogP contribution in [0.3, 0.4) is 0 Å². The summed E-state index contributed by atoms with van der Waals surface area (Å²) in [6.07, 6.45) is 7.52. The van der Waals surface area contributed by atoms with Crippen LogP contribution in [-0.2, 0) is 5.41 Å². The SMILES string of the molecule is CC(C)(C)CCC(NN)C1(c2ccccc2)CCCC1. The molecule has 1 aliphatic carbocycles. The maximum Gasteiger partial charge on any atom is 0.0307 e. The molecule has 112 valence electrons. The van der Waals surface area contributed by atoms with Gasteiger partial charge < -0.3 is 0 Å². The Bertz CT molecular complexity index is 399. The van der Waals surface area contributed by atoms with Crippen LogP contribution in [0.25, 0.3) is 0 Å². The average Bonchev–Trinajstić information content (AvgIpc) is 2.90. The Morgan fingerprint density at radius 1 is 1.15 bits per heavy atom. The Hall–Kier alpha value is -0.860. The molecule has 1 fully saturated rings. The van der Waals surface area contributed by atoms with E-state index in [0.29, 0.717) is 11.5 Å². The van der Waals surface area contributed by atoms with Crippen LogP contribution in [0.15, 0.2) is 30.3 Å². The zero-order valence-electron chi connectivity index (χ0n) is 13.3. The molecule has 0 aromatic heterocycles. The van der Waals surface area contributed by atoms with Crippen LogP contribution < -0.4 is 11.3 Å². The molecule has 0 saturated heterocycles. The van der Waals surface area contributed by atoms with Crippen molar-refractivity contribution in [2.75, 3.05) is 0 Å². The Balaban J connectivity index is 2.22. The highest BCUT2D eigenvalue weighted by molar-refractivity contribution is 5.29. The second-order valence-corrected chi connectivity index (χ2v) is 7.55. The molecule has 1 aliphatic rings. The number of benzene rings is 1. The summed E-state index contributed by atoms with van der Waals surface area (Å²) in [7, 11) is 0. The summed E-state index contributed by atoms with van der Waals surface area (Å²) in [5.41, 5.74) is 5.23. The van der Waals surface area contributed by atoms with E-state index in [2.05, 4.69) is 56.5 Å². The number of hydrogen-bond acceptors (Lipinski definition) is 2. The van der Waals surface area contributed by atoms with Crippen molar-refractivity contribution in [3.05, 3.63) is 35.9 Å². The van der Waals surface area contributed by atoms with E-state index in [1.165, 1.54) is 37.7 Å². The zero-order valence-corrected chi connectivity index (χ0v) is 13.3. The molecule has 2 nitrogen and oxygen atoms in total. The predicted molar refractivity (Wildman–Crippen MR) is 86.4 cm³/mol. The lowest BCUT2D eigenvalue weighted by molar-refractivity contribution is 0.244. The first-order valence-electron chi connectivity index (χ1n) is 8.00. The molecule has 0 spiro atoms. The van der Waals surface area contributed by atoms with Crippen molar-refractivity contribution in [3.8, 4) is 0 Å². The highest BCUT2D eigenvalue weighted by Crippen LogP contribution is 2.45. The largest absolute Gasteiger partial charge is 0.271 e. The van der Waals surface area contributed by atoms with E-state index in [9.17, 15) is 0 Å². The van der Waals surface area contributed by atoms with Gasteiger partial charge in [-0.1, -0.05) is 63.9 Å². The molecule has 0 amide bonds. The Morgan fingerprint density at radius 2 is 1.75 bits per heavy atom. The fraction of sp³-hybridized carbons (Fsp3) is 0.667. The normalized spacial score (nSPS) is 20.0. The van der Waals surface area contributed by atoms with Gasteiger partial charge in [0, 0.05) is 11.5 Å². The summed E-state index contributed by atoms with van der Waals surface area (Å²) in [6, 6.07) is 11.4. The van der Waals surface area contributed by atoms with Crippen molar-refractivity contribution in [1.29, 1.82) is 0 Å². The lowest BCUT2D eigenvalue weighted by Gasteiger charge is -2.39. The van der Waals surface area contributed by atoms with Gasteiger partial charge in [-0.05, 0) is 36.7 Å². The fourth-order valence-corrected chi connectivity index (χ4v) is 3.71. The molecule has 1 aromatic rings. The first-order chi connectivity index (χ1) is 9.48. The third kappa shape index (κ3) is 3.42. The maximum atomic E-state index is 5.95. The van der Waals surface area contributed by atoms with Gasteiger partial charge in [0.2, 0.25) is 0 Å². The number of nitrogens with one attached hydrogen (secondary N) is 1. The third-order valence-corrected chi connectivity index (χ3v) is 4.90. The topological polar surface area (TPSA) is 38.0 Å². The van der Waals surface area contributed by atoms with E-state index in [4.69, 9.17) is 5.84 Å². The number of hydrogen-bond donors (Lipinski definition) is 2. The second-order valence-electron chi connectivity index (χ2n) is 7.55. The third-order valence-electron chi connectivity index (χ3n) is 4.90. The van der Waals surface area contributed by atoms with E-state index in [-0.39, 0.29) is 5.41 Å². The molecule has 1 aromatic carbocycles. The van der Waals surface area contributed by atoms with Gasteiger partial charge in [-0.25, -0.2) is 0 Å². The van der Waals surface area contributed by atoms with Crippen molar-refractivity contribution < 1.29 is 0 Å². The number of rotatable bonds is 5. The lowest BCUT2D eigenvalue weighted by Crippen LogP contribution is -2.50. The van der Waals surface area contributed by atoms with Gasteiger partial charge in [-0.2, -0.15) is 0 Å². The Kier molecular flexibility index (Phi) is 4.87. The van der Waals surface area contributed by atoms with Crippen LogP contribution in [0.4, 0.5) is 0 Å².